The zero-order chi connectivity index (χ0) is 11.2. The monoisotopic (exact) mass is 224 g/mol. The maximum absolute atomic E-state index is 3.62. The molecule has 2 saturated heterocycles. The van der Waals surface area contributed by atoms with Crippen LogP contribution < -0.4 is 5.32 Å². The lowest BCUT2D eigenvalue weighted by atomic mass is 9.95. The van der Waals surface area contributed by atoms with Gasteiger partial charge in [-0.25, -0.2) is 0 Å². The summed E-state index contributed by atoms with van der Waals surface area (Å²) >= 11 is 0. The van der Waals surface area contributed by atoms with E-state index in [0.29, 0.717) is 0 Å². The van der Waals surface area contributed by atoms with E-state index in [-0.39, 0.29) is 0 Å². The molecule has 2 atom stereocenters. The van der Waals surface area contributed by atoms with Gasteiger partial charge >= 0.3 is 0 Å². The minimum Gasteiger partial charge on any atom is -0.315 e. The summed E-state index contributed by atoms with van der Waals surface area (Å²) in [5.41, 5.74) is 0. The number of nitrogens with one attached hydrogen (secondary N) is 1. The molecule has 2 rings (SSSR count). The van der Waals surface area contributed by atoms with Crippen molar-refractivity contribution < 1.29 is 0 Å². The molecule has 2 heteroatoms. The van der Waals surface area contributed by atoms with Crippen LogP contribution in [0.1, 0.15) is 58.3 Å². The molecule has 0 radical (unpaired) electrons. The molecule has 0 amide bonds. The van der Waals surface area contributed by atoms with Gasteiger partial charge in [-0.05, 0) is 45.2 Å². The smallest absolute Gasteiger partial charge is 0.0223 e. The summed E-state index contributed by atoms with van der Waals surface area (Å²) in [7, 11) is 0. The van der Waals surface area contributed by atoms with Crippen LogP contribution in [0.25, 0.3) is 0 Å². The highest BCUT2D eigenvalue weighted by Gasteiger charge is 2.28. The fourth-order valence-electron chi connectivity index (χ4n) is 3.43. The average molecular weight is 224 g/mol. The largest absolute Gasteiger partial charge is 0.315 e. The molecule has 2 unspecified atom stereocenters. The first-order valence-electron chi connectivity index (χ1n) is 7.38. The van der Waals surface area contributed by atoms with Crippen LogP contribution in [0.3, 0.4) is 0 Å². The molecule has 0 aromatic carbocycles. The first kappa shape index (κ1) is 12.4. The van der Waals surface area contributed by atoms with Gasteiger partial charge in [-0.2, -0.15) is 0 Å². The lowest BCUT2D eigenvalue weighted by Gasteiger charge is -2.41. The Morgan fingerprint density at radius 3 is 2.88 bits per heavy atom. The Morgan fingerprint density at radius 2 is 2.00 bits per heavy atom. The van der Waals surface area contributed by atoms with Crippen molar-refractivity contribution in [2.45, 2.75) is 70.4 Å². The Balaban J connectivity index is 1.92. The summed E-state index contributed by atoms with van der Waals surface area (Å²) in [4.78, 5) is 2.84. The molecule has 0 aromatic rings. The minimum absolute atomic E-state index is 0.833. The lowest BCUT2D eigenvalue weighted by Crippen LogP contribution is -2.49. The van der Waals surface area contributed by atoms with Crippen molar-refractivity contribution >= 4 is 0 Å². The number of hydrogen-bond acceptors (Lipinski definition) is 2. The molecule has 2 heterocycles. The van der Waals surface area contributed by atoms with Crippen LogP contribution in [0.15, 0.2) is 0 Å². The molecule has 0 aliphatic carbocycles. The highest BCUT2D eigenvalue weighted by Crippen LogP contribution is 2.25. The second-order valence-electron chi connectivity index (χ2n) is 5.53. The van der Waals surface area contributed by atoms with Crippen molar-refractivity contribution in [3.63, 3.8) is 0 Å². The van der Waals surface area contributed by atoms with E-state index in [2.05, 4.69) is 17.1 Å². The fraction of sp³-hybridized carbons (Fsp3) is 1.00. The predicted octanol–water partition coefficient (Wildman–Crippen LogP) is 2.78. The van der Waals surface area contributed by atoms with Gasteiger partial charge in [0, 0.05) is 18.6 Å². The molecule has 0 spiro atoms. The maximum Gasteiger partial charge on any atom is 0.0223 e. The second kappa shape index (κ2) is 6.61. The van der Waals surface area contributed by atoms with Crippen LogP contribution in [0.4, 0.5) is 0 Å². The molecule has 1 N–H and O–H groups in total. The number of piperidine rings is 1. The summed E-state index contributed by atoms with van der Waals surface area (Å²) in [6.45, 7) is 6.16. The van der Waals surface area contributed by atoms with Gasteiger partial charge in [-0.1, -0.05) is 26.2 Å². The van der Waals surface area contributed by atoms with Crippen LogP contribution in [-0.4, -0.2) is 36.6 Å². The molecule has 94 valence electrons. The molecular weight excluding hydrogens is 196 g/mol. The van der Waals surface area contributed by atoms with E-state index in [1.54, 1.807) is 0 Å². The molecule has 2 aliphatic heterocycles. The fourth-order valence-corrected chi connectivity index (χ4v) is 3.43. The molecule has 2 aliphatic rings. The SMILES string of the molecule is CCCC1CCCCN1C1CCCCNC1. The van der Waals surface area contributed by atoms with Gasteiger partial charge in [-0.15, -0.1) is 0 Å². The third kappa shape index (κ3) is 3.21. The number of hydrogen-bond donors (Lipinski definition) is 1. The minimum atomic E-state index is 0.833. The predicted molar refractivity (Wildman–Crippen MR) is 69.8 cm³/mol. The summed E-state index contributed by atoms with van der Waals surface area (Å²) in [5.74, 6) is 0. The van der Waals surface area contributed by atoms with E-state index in [1.165, 1.54) is 71.0 Å². The summed E-state index contributed by atoms with van der Waals surface area (Å²) in [5, 5.41) is 3.62. The van der Waals surface area contributed by atoms with Gasteiger partial charge in [0.05, 0.1) is 0 Å². The Morgan fingerprint density at radius 1 is 1.12 bits per heavy atom. The van der Waals surface area contributed by atoms with Crippen molar-refractivity contribution in [3.05, 3.63) is 0 Å². The highest BCUT2D eigenvalue weighted by molar-refractivity contribution is 4.85. The van der Waals surface area contributed by atoms with Crippen LogP contribution >= 0.6 is 0 Å². The van der Waals surface area contributed by atoms with E-state index in [0.717, 1.165) is 12.1 Å². The first-order chi connectivity index (χ1) is 7.92. The third-order valence-corrected chi connectivity index (χ3v) is 4.28. The summed E-state index contributed by atoms with van der Waals surface area (Å²) in [6.07, 6.45) is 11.3. The maximum atomic E-state index is 3.62. The van der Waals surface area contributed by atoms with Gasteiger partial charge < -0.3 is 5.32 Å². The van der Waals surface area contributed by atoms with Crippen LogP contribution in [-0.2, 0) is 0 Å². The standard InChI is InChI=1S/C14H28N2/c1-2-7-13-8-4-6-11-16(13)14-9-3-5-10-15-12-14/h13-15H,2-12H2,1H3. The molecule has 0 aromatic heterocycles. The van der Waals surface area contributed by atoms with Crippen molar-refractivity contribution in [2.24, 2.45) is 0 Å². The summed E-state index contributed by atoms with van der Waals surface area (Å²) < 4.78 is 0. The van der Waals surface area contributed by atoms with Crippen molar-refractivity contribution in [2.75, 3.05) is 19.6 Å². The highest BCUT2D eigenvalue weighted by atomic mass is 15.2. The van der Waals surface area contributed by atoms with Gasteiger partial charge in [-0.3, -0.25) is 4.90 Å². The van der Waals surface area contributed by atoms with Crippen LogP contribution in [0.2, 0.25) is 0 Å². The van der Waals surface area contributed by atoms with Crippen LogP contribution in [0.5, 0.6) is 0 Å². The molecule has 2 nitrogen and oxygen atoms in total. The lowest BCUT2D eigenvalue weighted by molar-refractivity contribution is 0.0849. The van der Waals surface area contributed by atoms with Crippen molar-refractivity contribution in [1.82, 2.24) is 10.2 Å². The Bertz CT molecular complexity index is 183. The average Bonchev–Trinajstić information content (AvgIpc) is 2.59. The third-order valence-electron chi connectivity index (χ3n) is 4.28. The number of nitrogens with zero attached hydrogens (tertiary/aromatic N) is 1. The molecular formula is C14H28N2. The van der Waals surface area contributed by atoms with E-state index in [9.17, 15) is 0 Å². The second-order valence-corrected chi connectivity index (χ2v) is 5.53. The van der Waals surface area contributed by atoms with Crippen LogP contribution in [0, 0.1) is 0 Å². The molecule has 0 bridgehead atoms. The van der Waals surface area contributed by atoms with Crippen molar-refractivity contribution in [3.8, 4) is 0 Å². The summed E-state index contributed by atoms with van der Waals surface area (Å²) in [6, 6.07) is 1.72. The normalized spacial score (nSPS) is 33.6. The zero-order valence-electron chi connectivity index (χ0n) is 10.9. The van der Waals surface area contributed by atoms with Gasteiger partial charge in [0.15, 0.2) is 0 Å². The van der Waals surface area contributed by atoms with Crippen molar-refractivity contribution in [1.29, 1.82) is 0 Å². The number of rotatable bonds is 3. The van der Waals surface area contributed by atoms with Gasteiger partial charge in [0.2, 0.25) is 0 Å². The Kier molecular flexibility index (Phi) is 5.11. The number of likely N-dealkylation sites (tertiary alicyclic amines) is 1. The van der Waals surface area contributed by atoms with E-state index < -0.39 is 0 Å². The quantitative estimate of drug-likeness (QED) is 0.793. The zero-order valence-corrected chi connectivity index (χ0v) is 10.9. The molecule has 0 saturated carbocycles. The Hall–Kier alpha value is -0.0800. The van der Waals surface area contributed by atoms with E-state index in [4.69, 9.17) is 0 Å². The Labute approximate surface area is 101 Å². The van der Waals surface area contributed by atoms with Gasteiger partial charge in [0.1, 0.15) is 0 Å². The van der Waals surface area contributed by atoms with Gasteiger partial charge in [0.25, 0.3) is 0 Å². The topological polar surface area (TPSA) is 15.3 Å². The van der Waals surface area contributed by atoms with E-state index >= 15 is 0 Å². The molecule has 2 fully saturated rings. The molecule has 16 heavy (non-hydrogen) atoms. The first-order valence-corrected chi connectivity index (χ1v) is 7.38. The van der Waals surface area contributed by atoms with E-state index in [1.807, 2.05) is 0 Å².